The normalized spacial score (nSPS) is 11.9. The van der Waals surface area contributed by atoms with E-state index in [1.165, 1.54) is 6.07 Å². The van der Waals surface area contributed by atoms with Crippen LogP contribution in [0.5, 0.6) is 0 Å². The summed E-state index contributed by atoms with van der Waals surface area (Å²) in [7, 11) is 0. The van der Waals surface area contributed by atoms with Crippen LogP contribution in [0.4, 0.5) is 26.3 Å². The summed E-state index contributed by atoms with van der Waals surface area (Å²) in [6.07, 6.45) is -9.99. The summed E-state index contributed by atoms with van der Waals surface area (Å²) in [4.78, 5) is 14.5. The second-order valence-electron chi connectivity index (χ2n) is 12.2. The zero-order valence-corrected chi connectivity index (χ0v) is 27.3. The van der Waals surface area contributed by atoms with E-state index in [9.17, 15) is 31.6 Å². The minimum Gasteiger partial charge on any atom is -0.308 e. The molecule has 53 heavy (non-hydrogen) atoms. The molecule has 0 unspecified atom stereocenters. The van der Waals surface area contributed by atoms with Crippen molar-refractivity contribution in [3.63, 3.8) is 0 Å². The van der Waals surface area contributed by atoms with Crippen LogP contribution >= 0.6 is 0 Å². The molecule has 2 heterocycles. The van der Waals surface area contributed by atoms with E-state index in [4.69, 9.17) is 15.0 Å². The van der Waals surface area contributed by atoms with Gasteiger partial charge in [-0.15, -0.1) is 0 Å². The van der Waals surface area contributed by atoms with Crippen molar-refractivity contribution < 1.29 is 26.3 Å². The Morgan fingerprint density at radius 3 is 1.72 bits per heavy atom. The molecular weight excluding hydrogens is 688 g/mol. The zero-order chi connectivity index (χ0) is 36.9. The fourth-order valence-electron chi connectivity index (χ4n) is 6.52. The summed E-state index contributed by atoms with van der Waals surface area (Å²) >= 11 is 0. The van der Waals surface area contributed by atoms with Crippen molar-refractivity contribution in [1.82, 2.24) is 19.5 Å². The minimum atomic E-state index is -5.04. The van der Waals surface area contributed by atoms with Crippen molar-refractivity contribution >= 4 is 21.8 Å². The second-order valence-corrected chi connectivity index (χ2v) is 12.2. The van der Waals surface area contributed by atoms with E-state index in [0.717, 1.165) is 17.2 Å². The van der Waals surface area contributed by atoms with Gasteiger partial charge in [0.15, 0.2) is 17.5 Å². The van der Waals surface area contributed by atoms with Gasteiger partial charge in [-0.05, 0) is 59.7 Å². The fourth-order valence-corrected chi connectivity index (χ4v) is 6.52. The van der Waals surface area contributed by atoms with Crippen LogP contribution in [0.15, 0.2) is 140 Å². The van der Waals surface area contributed by atoms with E-state index >= 15 is 0 Å². The predicted molar refractivity (Wildman–Crippen MR) is 191 cm³/mol. The summed E-state index contributed by atoms with van der Waals surface area (Å²) in [5.41, 5.74) is 1.15. The molecule has 5 nitrogen and oxygen atoms in total. The molecule has 0 saturated carbocycles. The van der Waals surface area contributed by atoms with Crippen molar-refractivity contribution in [2.24, 2.45) is 0 Å². The Hall–Kier alpha value is -6.80. The molecule has 2 aromatic heterocycles. The minimum absolute atomic E-state index is 0.0963. The standard InChI is InChI=1S/C42H23F6N5/c43-41(44,45)29-17-18-30(34(23-29)42(46,47)48)28-16-20-36-32(22-28)31-13-7-8-14-35(31)53(36)37-19-15-25(24-49)21-33(37)40-51-38(26-9-3-1-4-10-26)50-39(52-40)27-11-5-2-6-12-27/h1-23H. The Bertz CT molecular complexity index is 2650. The van der Waals surface area contributed by atoms with Gasteiger partial charge in [0.25, 0.3) is 0 Å². The number of para-hydroxylation sites is 1. The number of nitrogens with zero attached hydrogens (tertiary/aromatic N) is 5. The molecule has 11 heteroatoms. The van der Waals surface area contributed by atoms with Gasteiger partial charge in [0.05, 0.1) is 39.5 Å². The summed E-state index contributed by atoms with van der Waals surface area (Å²) in [5, 5.41) is 11.2. The van der Waals surface area contributed by atoms with Crippen LogP contribution in [0.1, 0.15) is 16.7 Å². The van der Waals surface area contributed by atoms with E-state index < -0.39 is 23.5 Å². The maximum absolute atomic E-state index is 14.2. The quantitative estimate of drug-likeness (QED) is 0.167. The van der Waals surface area contributed by atoms with Gasteiger partial charge in [0, 0.05) is 27.5 Å². The maximum Gasteiger partial charge on any atom is 0.417 e. The molecule has 0 bridgehead atoms. The fraction of sp³-hybridized carbons (Fsp3) is 0.0476. The highest BCUT2D eigenvalue weighted by Crippen LogP contribution is 2.43. The van der Waals surface area contributed by atoms with Crippen molar-refractivity contribution in [2.75, 3.05) is 0 Å². The number of hydrogen-bond donors (Lipinski definition) is 0. The third-order valence-corrected chi connectivity index (χ3v) is 8.94. The molecule has 8 aromatic rings. The van der Waals surface area contributed by atoms with Gasteiger partial charge in [-0.3, -0.25) is 0 Å². The average molecular weight is 712 g/mol. The van der Waals surface area contributed by atoms with Crippen LogP contribution in [0.2, 0.25) is 0 Å². The molecule has 0 aliphatic carbocycles. The van der Waals surface area contributed by atoms with Crippen LogP contribution in [0.3, 0.4) is 0 Å². The van der Waals surface area contributed by atoms with E-state index in [2.05, 4.69) is 6.07 Å². The Morgan fingerprint density at radius 2 is 1.09 bits per heavy atom. The largest absolute Gasteiger partial charge is 0.417 e. The highest BCUT2D eigenvalue weighted by Gasteiger charge is 2.38. The van der Waals surface area contributed by atoms with Gasteiger partial charge in [0.2, 0.25) is 0 Å². The van der Waals surface area contributed by atoms with Gasteiger partial charge >= 0.3 is 12.4 Å². The summed E-state index contributed by atoms with van der Waals surface area (Å²) in [5.74, 6) is 1.10. The van der Waals surface area contributed by atoms with E-state index in [1.54, 1.807) is 36.4 Å². The molecule has 0 spiro atoms. The van der Waals surface area contributed by atoms with Crippen LogP contribution < -0.4 is 0 Å². The number of nitriles is 1. The van der Waals surface area contributed by atoms with Gasteiger partial charge < -0.3 is 4.57 Å². The first-order valence-corrected chi connectivity index (χ1v) is 16.2. The van der Waals surface area contributed by atoms with E-state index in [-0.39, 0.29) is 23.0 Å². The molecule has 0 N–H and O–H groups in total. The van der Waals surface area contributed by atoms with Crippen molar-refractivity contribution in [2.45, 2.75) is 12.4 Å². The summed E-state index contributed by atoms with van der Waals surface area (Å²) < 4.78 is 85.0. The Labute approximate surface area is 298 Å². The van der Waals surface area contributed by atoms with Gasteiger partial charge in [-0.25, -0.2) is 15.0 Å². The molecule has 0 amide bonds. The molecular formula is C42H23F6N5. The lowest BCUT2D eigenvalue weighted by molar-refractivity contribution is -0.142. The van der Waals surface area contributed by atoms with Crippen LogP contribution in [-0.4, -0.2) is 19.5 Å². The zero-order valence-electron chi connectivity index (χ0n) is 27.3. The maximum atomic E-state index is 14.2. The van der Waals surface area contributed by atoms with Gasteiger partial charge in [-0.2, -0.15) is 31.6 Å². The first-order chi connectivity index (χ1) is 25.5. The highest BCUT2D eigenvalue weighted by atomic mass is 19.4. The van der Waals surface area contributed by atoms with Crippen molar-refractivity contribution in [3.8, 4) is 57.0 Å². The number of halogens is 6. The number of rotatable bonds is 5. The first-order valence-electron chi connectivity index (χ1n) is 16.2. The molecule has 6 aromatic carbocycles. The molecule has 0 atom stereocenters. The highest BCUT2D eigenvalue weighted by molar-refractivity contribution is 6.11. The lowest BCUT2D eigenvalue weighted by Crippen LogP contribution is -2.12. The molecule has 0 saturated heterocycles. The Morgan fingerprint density at radius 1 is 0.491 bits per heavy atom. The predicted octanol–water partition coefficient (Wildman–Crippen LogP) is 11.5. The van der Waals surface area contributed by atoms with Crippen molar-refractivity contribution in [3.05, 3.63) is 156 Å². The van der Waals surface area contributed by atoms with Gasteiger partial charge in [-0.1, -0.05) is 91.0 Å². The lowest BCUT2D eigenvalue weighted by Gasteiger charge is -2.17. The Kier molecular flexibility index (Phi) is 8.03. The monoisotopic (exact) mass is 711 g/mol. The van der Waals surface area contributed by atoms with Crippen LogP contribution in [0.25, 0.3) is 72.8 Å². The Balaban J connectivity index is 1.38. The first kappa shape index (κ1) is 33.3. The number of alkyl halides is 6. The number of benzene rings is 6. The molecule has 0 fully saturated rings. The molecule has 0 radical (unpaired) electrons. The molecule has 0 aliphatic heterocycles. The topological polar surface area (TPSA) is 67.4 Å². The van der Waals surface area contributed by atoms with Crippen LogP contribution in [-0.2, 0) is 12.4 Å². The SMILES string of the molecule is N#Cc1ccc(-n2c3ccccc3c3cc(-c4ccc(C(F)(F)F)cc4C(F)(F)F)ccc32)c(-c2nc(-c3ccccc3)nc(-c3ccccc3)n2)c1. The molecule has 0 aliphatic rings. The lowest BCUT2D eigenvalue weighted by atomic mass is 9.95. The number of aromatic nitrogens is 4. The van der Waals surface area contributed by atoms with E-state index in [0.29, 0.717) is 56.3 Å². The third kappa shape index (κ3) is 6.14. The average Bonchev–Trinajstić information content (AvgIpc) is 3.50. The smallest absolute Gasteiger partial charge is 0.308 e. The number of fused-ring (bicyclic) bond motifs is 3. The summed E-state index contributed by atoms with van der Waals surface area (Å²) in [6, 6.07) is 39.7. The molecule has 258 valence electrons. The van der Waals surface area contributed by atoms with Crippen LogP contribution in [0, 0.1) is 11.3 Å². The summed E-state index contributed by atoms with van der Waals surface area (Å²) in [6.45, 7) is 0. The third-order valence-electron chi connectivity index (χ3n) is 8.94. The van der Waals surface area contributed by atoms with Crippen molar-refractivity contribution in [1.29, 1.82) is 5.26 Å². The second kappa shape index (κ2) is 12.8. The molecule has 8 rings (SSSR count). The van der Waals surface area contributed by atoms with E-state index in [1.807, 2.05) is 83.4 Å². The van der Waals surface area contributed by atoms with Gasteiger partial charge in [0.1, 0.15) is 0 Å². The number of hydrogen-bond acceptors (Lipinski definition) is 4.